The summed E-state index contributed by atoms with van der Waals surface area (Å²) in [5.41, 5.74) is 0. The van der Waals surface area contributed by atoms with Gasteiger partial charge in [-0.2, -0.15) is 0 Å². The number of carbonyl (C=O) groups is 3. The maximum atomic E-state index is 12.1. The Labute approximate surface area is 299 Å². The standard InChI is InChI=1S/C36H48N4O6S3/c41-34(42)31(22-7-10-37-16-22)13-25-1-4-28(47-25)19-40(20-29-5-2-26(48-29)14-32(35(43)44)23-8-11-38-17-23)21-30-6-3-27(49-30)15-33(36(45)46)24-9-12-39-18-24/h1-6,22-24,31-33,37-39H,7-21H2,(H,41,42)(H,43,44)(H,45,46). The van der Waals surface area contributed by atoms with Crippen molar-refractivity contribution >= 4 is 51.9 Å². The van der Waals surface area contributed by atoms with Gasteiger partial charge in [-0.15, -0.1) is 34.0 Å². The molecular formula is C36H48N4O6S3. The van der Waals surface area contributed by atoms with Crippen LogP contribution >= 0.6 is 34.0 Å². The molecule has 6 rings (SSSR count). The van der Waals surface area contributed by atoms with Gasteiger partial charge in [-0.3, -0.25) is 19.3 Å². The Morgan fingerprint density at radius 2 is 0.837 bits per heavy atom. The van der Waals surface area contributed by atoms with Crippen molar-refractivity contribution in [3.05, 3.63) is 65.7 Å². The fourth-order valence-corrected chi connectivity index (χ4v) is 11.1. The van der Waals surface area contributed by atoms with Crippen molar-refractivity contribution in [3.8, 4) is 0 Å². The van der Waals surface area contributed by atoms with Crippen molar-refractivity contribution < 1.29 is 29.7 Å². The smallest absolute Gasteiger partial charge is 0.307 e. The minimum absolute atomic E-state index is 0.150. The molecule has 3 aliphatic rings. The minimum Gasteiger partial charge on any atom is -0.481 e. The largest absolute Gasteiger partial charge is 0.481 e. The summed E-state index contributed by atoms with van der Waals surface area (Å²) in [6.07, 6.45) is 4.30. The first-order chi connectivity index (χ1) is 23.7. The number of rotatable bonds is 18. The number of hydrogen-bond donors (Lipinski definition) is 6. The molecule has 0 aromatic carbocycles. The molecule has 6 heterocycles. The molecule has 49 heavy (non-hydrogen) atoms. The van der Waals surface area contributed by atoms with E-state index in [2.05, 4.69) is 57.2 Å². The van der Waals surface area contributed by atoms with Crippen LogP contribution < -0.4 is 16.0 Å². The van der Waals surface area contributed by atoms with E-state index < -0.39 is 35.7 Å². The molecule has 0 radical (unpaired) electrons. The molecule has 0 amide bonds. The zero-order chi connectivity index (χ0) is 34.3. The summed E-state index contributed by atoms with van der Waals surface area (Å²) >= 11 is 5.06. The van der Waals surface area contributed by atoms with E-state index in [-0.39, 0.29) is 17.8 Å². The predicted molar refractivity (Wildman–Crippen MR) is 193 cm³/mol. The van der Waals surface area contributed by atoms with Crippen LogP contribution in [-0.2, 0) is 53.3 Å². The lowest BCUT2D eigenvalue weighted by atomic mass is 9.88. The Hall–Kier alpha value is -2.65. The van der Waals surface area contributed by atoms with E-state index in [1.807, 2.05) is 0 Å². The zero-order valence-corrected chi connectivity index (χ0v) is 30.2. The molecule has 3 saturated heterocycles. The van der Waals surface area contributed by atoms with Gasteiger partial charge >= 0.3 is 17.9 Å². The number of carboxylic acid groups (broad SMARTS) is 3. The van der Waals surface area contributed by atoms with Crippen LogP contribution in [0.2, 0.25) is 0 Å². The van der Waals surface area contributed by atoms with Crippen LogP contribution in [0.4, 0.5) is 0 Å². The number of nitrogens with zero attached hydrogens (tertiary/aromatic N) is 1. The van der Waals surface area contributed by atoms with Gasteiger partial charge in [0, 0.05) is 48.9 Å². The molecule has 3 aliphatic heterocycles. The van der Waals surface area contributed by atoms with Gasteiger partial charge in [-0.05, 0) is 132 Å². The van der Waals surface area contributed by atoms with Crippen molar-refractivity contribution in [2.24, 2.45) is 35.5 Å². The molecule has 10 nitrogen and oxygen atoms in total. The Bertz CT molecular complexity index is 1370. The van der Waals surface area contributed by atoms with E-state index in [0.29, 0.717) is 38.9 Å². The molecule has 266 valence electrons. The molecule has 3 aromatic heterocycles. The lowest BCUT2D eigenvalue weighted by molar-refractivity contribution is -0.144. The van der Waals surface area contributed by atoms with Gasteiger partial charge in [0.1, 0.15) is 0 Å². The summed E-state index contributed by atoms with van der Waals surface area (Å²) in [5, 5.41) is 39.8. The Morgan fingerprint density at radius 3 is 1.08 bits per heavy atom. The molecule has 13 heteroatoms. The van der Waals surface area contributed by atoms with Crippen LogP contribution in [0.1, 0.15) is 48.5 Å². The number of thiophene rings is 3. The van der Waals surface area contributed by atoms with E-state index in [1.165, 1.54) is 14.6 Å². The lowest BCUT2D eigenvalue weighted by Crippen LogP contribution is -2.27. The fraction of sp³-hybridized carbons (Fsp3) is 0.583. The van der Waals surface area contributed by atoms with Crippen LogP contribution in [0.5, 0.6) is 0 Å². The van der Waals surface area contributed by atoms with E-state index >= 15 is 0 Å². The summed E-state index contributed by atoms with van der Waals surface area (Å²) in [5.74, 6) is -2.91. The molecule has 6 atom stereocenters. The highest BCUT2D eigenvalue weighted by molar-refractivity contribution is 7.12. The van der Waals surface area contributed by atoms with Crippen LogP contribution in [-0.4, -0.2) is 77.4 Å². The monoisotopic (exact) mass is 728 g/mol. The molecule has 6 N–H and O–H groups in total. The average Bonchev–Trinajstić information content (AvgIpc) is 3.91. The number of hydrogen-bond acceptors (Lipinski definition) is 10. The highest BCUT2D eigenvalue weighted by Crippen LogP contribution is 2.32. The van der Waals surface area contributed by atoms with E-state index in [0.717, 1.165) is 73.2 Å². The van der Waals surface area contributed by atoms with Crippen molar-refractivity contribution in [1.82, 2.24) is 20.9 Å². The van der Waals surface area contributed by atoms with Gasteiger partial charge in [0.2, 0.25) is 0 Å². The molecule has 3 aromatic rings. The molecule has 0 bridgehead atoms. The molecule has 6 unspecified atom stereocenters. The van der Waals surface area contributed by atoms with E-state index in [9.17, 15) is 29.7 Å². The molecular weight excluding hydrogens is 681 g/mol. The van der Waals surface area contributed by atoms with Crippen LogP contribution in [0, 0.1) is 35.5 Å². The lowest BCUT2D eigenvalue weighted by Gasteiger charge is -2.21. The van der Waals surface area contributed by atoms with Crippen molar-refractivity contribution in [3.63, 3.8) is 0 Å². The topological polar surface area (TPSA) is 151 Å². The SMILES string of the molecule is O=C(O)C(Cc1ccc(CN(Cc2ccc(CC(C(=O)O)C3CCNC3)s2)Cc2ccc(CC(C(=O)O)C3CCNC3)s2)s1)C1CCNC1. The van der Waals surface area contributed by atoms with Gasteiger partial charge in [-0.25, -0.2) is 0 Å². The molecule has 3 fully saturated rings. The number of carboxylic acids is 3. The number of nitrogens with one attached hydrogen (secondary N) is 3. The van der Waals surface area contributed by atoms with E-state index in [1.54, 1.807) is 34.0 Å². The summed E-state index contributed by atoms with van der Waals surface area (Å²) in [4.78, 5) is 45.6. The van der Waals surface area contributed by atoms with Gasteiger partial charge < -0.3 is 31.3 Å². The second-order valence-electron chi connectivity index (χ2n) is 14.0. The van der Waals surface area contributed by atoms with Gasteiger partial charge in [0.25, 0.3) is 0 Å². The summed E-state index contributed by atoms with van der Waals surface area (Å²) < 4.78 is 0. The first kappa shape index (κ1) is 36.2. The number of aliphatic carboxylic acids is 3. The Morgan fingerprint density at radius 1 is 0.551 bits per heavy atom. The third-order valence-corrected chi connectivity index (χ3v) is 13.8. The predicted octanol–water partition coefficient (Wildman–Crippen LogP) is 4.63. The molecule has 0 saturated carbocycles. The summed E-state index contributed by atoms with van der Waals surface area (Å²) in [7, 11) is 0. The Balaban J connectivity index is 1.16. The highest BCUT2D eigenvalue weighted by Gasteiger charge is 2.33. The first-order valence-electron chi connectivity index (χ1n) is 17.5. The molecule has 0 aliphatic carbocycles. The normalized spacial score (nSPS) is 22.8. The van der Waals surface area contributed by atoms with Crippen LogP contribution in [0.25, 0.3) is 0 Å². The van der Waals surface area contributed by atoms with Gasteiger partial charge in [0.05, 0.1) is 17.8 Å². The summed E-state index contributed by atoms with van der Waals surface area (Å²) in [6.45, 7) is 6.98. The first-order valence-corrected chi connectivity index (χ1v) is 19.9. The summed E-state index contributed by atoms with van der Waals surface area (Å²) in [6, 6.07) is 12.6. The van der Waals surface area contributed by atoms with Crippen molar-refractivity contribution in [1.29, 1.82) is 0 Å². The third kappa shape index (κ3) is 9.78. The maximum Gasteiger partial charge on any atom is 0.307 e. The van der Waals surface area contributed by atoms with Gasteiger partial charge in [-0.1, -0.05) is 0 Å². The zero-order valence-electron chi connectivity index (χ0n) is 27.8. The highest BCUT2D eigenvalue weighted by atomic mass is 32.1. The molecule has 0 spiro atoms. The third-order valence-electron chi connectivity index (χ3n) is 10.5. The quantitative estimate of drug-likeness (QED) is 0.109. The van der Waals surface area contributed by atoms with Crippen LogP contribution in [0.15, 0.2) is 36.4 Å². The Kier molecular flexibility index (Phi) is 12.6. The van der Waals surface area contributed by atoms with Crippen molar-refractivity contribution in [2.45, 2.75) is 58.2 Å². The fourth-order valence-electron chi connectivity index (χ4n) is 7.76. The van der Waals surface area contributed by atoms with E-state index in [4.69, 9.17) is 0 Å². The second-order valence-corrected chi connectivity index (χ2v) is 17.7. The average molecular weight is 729 g/mol. The van der Waals surface area contributed by atoms with Crippen molar-refractivity contribution in [2.75, 3.05) is 39.3 Å². The second kappa shape index (κ2) is 17.0. The minimum atomic E-state index is -0.726. The van der Waals surface area contributed by atoms with Crippen LogP contribution in [0.3, 0.4) is 0 Å². The van der Waals surface area contributed by atoms with Gasteiger partial charge in [0.15, 0.2) is 0 Å². The maximum absolute atomic E-state index is 12.1.